The molecule has 2 aromatic carbocycles. The molecule has 148 valence electrons. The summed E-state index contributed by atoms with van der Waals surface area (Å²) in [7, 11) is 0. The third-order valence-electron chi connectivity index (χ3n) is 5.10. The molecule has 0 fully saturated rings. The van der Waals surface area contributed by atoms with Crippen molar-refractivity contribution in [1.82, 2.24) is 5.32 Å². The molecule has 0 saturated heterocycles. The Hall–Kier alpha value is -2.08. The van der Waals surface area contributed by atoms with Crippen LogP contribution in [-0.2, 0) is 0 Å². The summed E-state index contributed by atoms with van der Waals surface area (Å²) in [6, 6.07) is 9.34. The normalized spacial score (nSPS) is 20.1. The average Bonchev–Trinajstić information content (AvgIpc) is 2.62. The number of hydrogen-bond donors (Lipinski definition) is 2. The van der Waals surface area contributed by atoms with E-state index in [1.54, 1.807) is 36.4 Å². The van der Waals surface area contributed by atoms with Gasteiger partial charge in [0.2, 0.25) is 0 Å². The van der Waals surface area contributed by atoms with Crippen molar-refractivity contribution in [3.8, 4) is 5.75 Å². The maximum absolute atomic E-state index is 12.9. The van der Waals surface area contributed by atoms with Crippen molar-refractivity contribution in [2.75, 3.05) is 6.61 Å². The topological polar surface area (TPSA) is 75.6 Å². The summed E-state index contributed by atoms with van der Waals surface area (Å²) >= 11 is 12.2. The van der Waals surface area contributed by atoms with Crippen LogP contribution < -0.4 is 10.1 Å². The number of ether oxygens (including phenoxy) is 1. The van der Waals surface area contributed by atoms with Crippen molar-refractivity contribution in [1.29, 1.82) is 0 Å². The molecule has 1 aliphatic heterocycles. The lowest BCUT2D eigenvalue weighted by Crippen LogP contribution is -2.51. The first-order chi connectivity index (χ1) is 13.2. The fourth-order valence-electron chi connectivity index (χ4n) is 3.48. The molecule has 7 heteroatoms. The molecule has 1 aliphatic rings. The third kappa shape index (κ3) is 3.75. The van der Waals surface area contributed by atoms with Crippen LogP contribution in [0.25, 0.3) is 0 Å². The zero-order valence-corrected chi connectivity index (χ0v) is 17.3. The number of ketones is 1. The Labute approximate surface area is 173 Å². The van der Waals surface area contributed by atoms with Gasteiger partial charge in [0.15, 0.2) is 5.78 Å². The second kappa shape index (κ2) is 7.74. The van der Waals surface area contributed by atoms with Crippen LogP contribution in [0.2, 0.25) is 10.0 Å². The molecule has 1 amide bonds. The van der Waals surface area contributed by atoms with Crippen LogP contribution in [0.15, 0.2) is 36.4 Å². The van der Waals surface area contributed by atoms with Gasteiger partial charge in [-0.15, -0.1) is 0 Å². The fraction of sp³-hybridized carbons (Fsp3) is 0.333. The Morgan fingerprint density at radius 2 is 1.93 bits per heavy atom. The Bertz CT molecular complexity index is 942. The van der Waals surface area contributed by atoms with E-state index in [-0.39, 0.29) is 28.0 Å². The zero-order valence-electron chi connectivity index (χ0n) is 15.8. The summed E-state index contributed by atoms with van der Waals surface area (Å²) < 4.78 is 6.05. The predicted molar refractivity (Wildman–Crippen MR) is 108 cm³/mol. The summed E-state index contributed by atoms with van der Waals surface area (Å²) in [5.74, 6) is -0.407. The number of aliphatic hydroxyl groups excluding tert-OH is 1. The van der Waals surface area contributed by atoms with Crippen molar-refractivity contribution in [3.63, 3.8) is 0 Å². The van der Waals surface area contributed by atoms with Gasteiger partial charge >= 0.3 is 0 Å². The lowest BCUT2D eigenvalue weighted by Gasteiger charge is -2.44. The predicted octanol–water partition coefficient (Wildman–Crippen LogP) is 4.45. The number of amides is 1. The van der Waals surface area contributed by atoms with E-state index in [0.717, 1.165) is 0 Å². The Kier molecular flexibility index (Phi) is 5.71. The van der Waals surface area contributed by atoms with E-state index in [2.05, 4.69) is 5.32 Å². The minimum atomic E-state index is -0.741. The molecule has 2 aromatic rings. The number of benzene rings is 2. The van der Waals surface area contributed by atoms with Gasteiger partial charge in [-0.3, -0.25) is 9.59 Å². The molecule has 0 aromatic heterocycles. The van der Waals surface area contributed by atoms with Crippen LogP contribution in [0.5, 0.6) is 5.75 Å². The van der Waals surface area contributed by atoms with Gasteiger partial charge in [0.25, 0.3) is 5.91 Å². The van der Waals surface area contributed by atoms with Gasteiger partial charge in [-0.25, -0.2) is 0 Å². The van der Waals surface area contributed by atoms with E-state index >= 15 is 0 Å². The molecule has 0 spiro atoms. The molecule has 2 N–H and O–H groups in total. The number of Topliss-reactive ketones (excluding diaryl/α,β-unsaturated/α-hetero) is 1. The fourth-order valence-corrected chi connectivity index (χ4v) is 3.87. The second-order valence-electron chi connectivity index (χ2n) is 7.36. The number of halogens is 2. The SMILES string of the molecule is CC(=O)c1ccc2c(c1)[C@H](NC(=O)c1cccc(Cl)c1Cl)[C@@H](CO)C(C)(C)O2. The molecule has 0 saturated carbocycles. The number of nitrogens with one attached hydrogen (secondary N) is 1. The maximum atomic E-state index is 12.9. The number of aliphatic hydroxyl groups is 1. The average molecular weight is 422 g/mol. The number of hydrogen-bond acceptors (Lipinski definition) is 4. The van der Waals surface area contributed by atoms with Crippen molar-refractivity contribution in [3.05, 3.63) is 63.1 Å². The van der Waals surface area contributed by atoms with Crippen molar-refractivity contribution in [2.24, 2.45) is 5.92 Å². The highest BCUT2D eigenvalue weighted by atomic mass is 35.5. The molecule has 1 heterocycles. The number of carbonyl (C=O) groups is 2. The van der Waals surface area contributed by atoms with Crippen LogP contribution in [-0.4, -0.2) is 29.0 Å². The zero-order chi connectivity index (χ0) is 20.6. The summed E-state index contributed by atoms with van der Waals surface area (Å²) in [6.07, 6.45) is 0. The molecular weight excluding hydrogens is 401 g/mol. The first-order valence-electron chi connectivity index (χ1n) is 8.85. The van der Waals surface area contributed by atoms with E-state index in [0.29, 0.717) is 16.9 Å². The smallest absolute Gasteiger partial charge is 0.253 e. The van der Waals surface area contributed by atoms with E-state index < -0.39 is 23.5 Å². The number of fused-ring (bicyclic) bond motifs is 1. The van der Waals surface area contributed by atoms with Gasteiger partial charge in [-0.05, 0) is 51.1 Å². The monoisotopic (exact) mass is 421 g/mol. The minimum Gasteiger partial charge on any atom is -0.487 e. The molecule has 0 radical (unpaired) electrons. The lowest BCUT2D eigenvalue weighted by atomic mass is 9.78. The Morgan fingerprint density at radius 3 is 2.57 bits per heavy atom. The van der Waals surface area contributed by atoms with Crippen LogP contribution in [0.3, 0.4) is 0 Å². The lowest BCUT2D eigenvalue weighted by molar-refractivity contribution is -0.0224. The number of rotatable bonds is 4. The van der Waals surface area contributed by atoms with E-state index in [4.69, 9.17) is 27.9 Å². The highest BCUT2D eigenvalue weighted by molar-refractivity contribution is 6.43. The maximum Gasteiger partial charge on any atom is 0.253 e. The van der Waals surface area contributed by atoms with Crippen LogP contribution in [0.1, 0.15) is 53.1 Å². The van der Waals surface area contributed by atoms with Crippen LogP contribution >= 0.6 is 23.2 Å². The van der Waals surface area contributed by atoms with E-state index in [1.807, 2.05) is 13.8 Å². The van der Waals surface area contributed by atoms with Crippen molar-refractivity contribution in [2.45, 2.75) is 32.4 Å². The van der Waals surface area contributed by atoms with Crippen molar-refractivity contribution < 1.29 is 19.4 Å². The highest BCUT2D eigenvalue weighted by Crippen LogP contribution is 2.44. The van der Waals surface area contributed by atoms with E-state index in [1.165, 1.54) is 6.92 Å². The summed E-state index contributed by atoms with van der Waals surface area (Å²) in [5.41, 5.74) is 0.631. The first kappa shape index (κ1) is 20.6. The summed E-state index contributed by atoms with van der Waals surface area (Å²) in [4.78, 5) is 24.8. The molecule has 28 heavy (non-hydrogen) atoms. The molecule has 5 nitrogen and oxygen atoms in total. The second-order valence-corrected chi connectivity index (χ2v) is 8.14. The van der Waals surface area contributed by atoms with E-state index in [9.17, 15) is 14.7 Å². The summed E-state index contributed by atoms with van der Waals surface area (Å²) in [6.45, 7) is 4.95. The minimum absolute atomic E-state index is 0.101. The van der Waals surface area contributed by atoms with Gasteiger partial charge in [-0.1, -0.05) is 29.3 Å². The van der Waals surface area contributed by atoms with Crippen molar-refractivity contribution >= 4 is 34.9 Å². The van der Waals surface area contributed by atoms with Crippen LogP contribution in [0.4, 0.5) is 0 Å². The van der Waals surface area contributed by atoms with Gasteiger partial charge in [0.05, 0.1) is 28.3 Å². The molecular formula is C21H21Cl2NO4. The highest BCUT2D eigenvalue weighted by Gasteiger charge is 2.44. The number of carbonyl (C=O) groups excluding carboxylic acids is 2. The Balaban J connectivity index is 2.06. The first-order valence-corrected chi connectivity index (χ1v) is 9.61. The summed E-state index contributed by atoms with van der Waals surface area (Å²) in [5, 5.41) is 13.4. The van der Waals surface area contributed by atoms with Gasteiger partial charge in [0.1, 0.15) is 11.4 Å². The van der Waals surface area contributed by atoms with Crippen LogP contribution in [0, 0.1) is 5.92 Å². The van der Waals surface area contributed by atoms with Gasteiger partial charge < -0.3 is 15.2 Å². The molecule has 3 rings (SSSR count). The third-order valence-corrected chi connectivity index (χ3v) is 5.92. The molecule has 0 unspecified atom stereocenters. The molecule has 0 bridgehead atoms. The Morgan fingerprint density at radius 1 is 1.21 bits per heavy atom. The quantitative estimate of drug-likeness (QED) is 0.715. The largest absolute Gasteiger partial charge is 0.487 e. The van der Waals surface area contributed by atoms with Gasteiger partial charge in [0, 0.05) is 17.0 Å². The van der Waals surface area contributed by atoms with Gasteiger partial charge in [-0.2, -0.15) is 0 Å². The molecule has 2 atom stereocenters. The molecule has 0 aliphatic carbocycles. The standard InChI is InChI=1S/C21H21Cl2NO4/c1-11(26)12-7-8-17-14(9-12)19(15(10-25)21(2,3)28-17)24-20(27)13-5-4-6-16(22)18(13)23/h4-9,15,19,25H,10H2,1-3H3,(H,24,27)/t15-,19+/m1/s1.